The maximum absolute atomic E-state index is 14.1. The van der Waals surface area contributed by atoms with Gasteiger partial charge >= 0.3 is 6.03 Å². The Bertz CT molecular complexity index is 1710. The molecule has 224 valence electrons. The smallest absolute Gasteiger partial charge is 0.321 e. The predicted octanol–water partition coefficient (Wildman–Crippen LogP) is 4.47. The highest BCUT2D eigenvalue weighted by molar-refractivity contribution is 7.89. The van der Waals surface area contributed by atoms with Gasteiger partial charge in [0, 0.05) is 37.3 Å². The number of ether oxygens (including phenoxy) is 2. The fourth-order valence-corrected chi connectivity index (χ4v) is 6.88. The van der Waals surface area contributed by atoms with Crippen molar-refractivity contribution in [2.75, 3.05) is 38.7 Å². The third-order valence-corrected chi connectivity index (χ3v) is 9.24. The fourth-order valence-electron chi connectivity index (χ4n) is 5.09. The average molecular weight is 603 g/mol. The van der Waals surface area contributed by atoms with Gasteiger partial charge in [0.25, 0.3) is 0 Å². The average Bonchev–Trinajstić information content (AvgIpc) is 3.04. The zero-order valence-corrected chi connectivity index (χ0v) is 24.8. The third kappa shape index (κ3) is 6.73. The summed E-state index contributed by atoms with van der Waals surface area (Å²) in [7, 11) is -2.56. The zero-order valence-electron chi connectivity index (χ0n) is 24.0. The van der Waals surface area contributed by atoms with Gasteiger partial charge in [0.05, 0.1) is 18.6 Å². The molecule has 1 unspecified atom stereocenters. The first-order chi connectivity index (χ1) is 20.8. The number of sulfonamides is 1. The Kier molecular flexibility index (Phi) is 9.13. The van der Waals surface area contributed by atoms with Crippen LogP contribution in [0.5, 0.6) is 11.5 Å². The first-order valence-corrected chi connectivity index (χ1v) is 15.4. The molecule has 0 saturated carbocycles. The van der Waals surface area contributed by atoms with Gasteiger partial charge in [0.15, 0.2) is 0 Å². The summed E-state index contributed by atoms with van der Waals surface area (Å²) in [6.07, 6.45) is 0. The molecule has 3 amide bonds. The van der Waals surface area contributed by atoms with Crippen LogP contribution in [-0.2, 0) is 21.4 Å². The van der Waals surface area contributed by atoms with E-state index in [9.17, 15) is 18.0 Å². The van der Waals surface area contributed by atoms with E-state index in [4.69, 9.17) is 9.47 Å². The van der Waals surface area contributed by atoms with Crippen molar-refractivity contribution in [2.45, 2.75) is 24.4 Å². The van der Waals surface area contributed by atoms with Crippen LogP contribution in [0.4, 0.5) is 10.5 Å². The van der Waals surface area contributed by atoms with Gasteiger partial charge in [-0.05, 0) is 60.3 Å². The molecule has 0 radical (unpaired) electrons. The lowest BCUT2D eigenvalue weighted by Gasteiger charge is -2.39. The highest BCUT2D eigenvalue weighted by atomic mass is 32.2. The molecule has 11 heteroatoms. The van der Waals surface area contributed by atoms with E-state index in [-0.39, 0.29) is 31.1 Å². The van der Waals surface area contributed by atoms with Crippen LogP contribution in [0.1, 0.15) is 12.5 Å². The number of anilines is 1. The van der Waals surface area contributed by atoms with E-state index in [1.165, 1.54) is 9.21 Å². The number of amides is 3. The highest BCUT2D eigenvalue weighted by Crippen LogP contribution is 2.29. The first-order valence-electron chi connectivity index (χ1n) is 14.0. The van der Waals surface area contributed by atoms with E-state index < -0.39 is 28.0 Å². The van der Waals surface area contributed by atoms with Gasteiger partial charge in [0.2, 0.25) is 15.9 Å². The molecule has 1 saturated heterocycles. The molecule has 0 aliphatic carbocycles. The van der Waals surface area contributed by atoms with Gasteiger partial charge in [-0.2, -0.15) is 4.31 Å². The molecule has 43 heavy (non-hydrogen) atoms. The van der Waals surface area contributed by atoms with Gasteiger partial charge in [-0.1, -0.05) is 48.5 Å². The molecule has 0 aromatic heterocycles. The number of methoxy groups -OCH3 is 1. The monoisotopic (exact) mass is 602 g/mol. The summed E-state index contributed by atoms with van der Waals surface area (Å²) < 4.78 is 40.2. The lowest BCUT2D eigenvalue weighted by molar-refractivity contribution is -0.126. The summed E-state index contributed by atoms with van der Waals surface area (Å²) in [5, 5.41) is 7.04. The third-order valence-electron chi connectivity index (χ3n) is 7.27. The van der Waals surface area contributed by atoms with Crippen molar-refractivity contribution in [1.29, 1.82) is 0 Å². The van der Waals surface area contributed by atoms with Gasteiger partial charge in [0.1, 0.15) is 17.5 Å². The molecule has 5 rings (SSSR count). The summed E-state index contributed by atoms with van der Waals surface area (Å²) in [5.41, 5.74) is 1.34. The van der Waals surface area contributed by atoms with Crippen LogP contribution in [0.3, 0.4) is 0 Å². The van der Waals surface area contributed by atoms with E-state index in [0.717, 1.165) is 10.9 Å². The minimum absolute atomic E-state index is 0.0561. The van der Waals surface area contributed by atoms with Crippen LogP contribution in [0.2, 0.25) is 0 Å². The SMILES string of the molecule is CCOc1ccc(NC(=O)N2CCN(S(=O)(=O)c3cccc4ccccc34)C(C(=O)NCc3cccc(OC)c3)C2)cc1. The topological polar surface area (TPSA) is 117 Å². The lowest BCUT2D eigenvalue weighted by atomic mass is 10.1. The van der Waals surface area contributed by atoms with Crippen LogP contribution in [0.15, 0.2) is 95.9 Å². The normalized spacial score (nSPS) is 15.6. The Labute approximate surface area is 251 Å². The largest absolute Gasteiger partial charge is 0.497 e. The van der Waals surface area contributed by atoms with Crippen molar-refractivity contribution in [3.63, 3.8) is 0 Å². The number of hydrogen-bond donors (Lipinski definition) is 2. The molecule has 4 aromatic rings. The summed E-state index contributed by atoms with van der Waals surface area (Å²) in [4.78, 5) is 28.5. The second-order valence-corrected chi connectivity index (χ2v) is 11.9. The summed E-state index contributed by atoms with van der Waals surface area (Å²) in [6, 6.07) is 24.9. The molecule has 1 heterocycles. The van der Waals surface area contributed by atoms with Crippen LogP contribution < -0.4 is 20.1 Å². The Morgan fingerprint density at radius 3 is 2.42 bits per heavy atom. The van der Waals surface area contributed by atoms with Crippen molar-refractivity contribution in [2.24, 2.45) is 0 Å². The minimum Gasteiger partial charge on any atom is -0.497 e. The molecule has 1 aliphatic rings. The number of carbonyl (C=O) groups is 2. The number of urea groups is 1. The predicted molar refractivity (Wildman–Crippen MR) is 165 cm³/mol. The Morgan fingerprint density at radius 2 is 1.65 bits per heavy atom. The molecule has 1 aliphatic heterocycles. The summed E-state index contributed by atoms with van der Waals surface area (Å²) >= 11 is 0. The molecule has 1 atom stereocenters. The second-order valence-electron chi connectivity index (χ2n) is 10.0. The van der Waals surface area contributed by atoms with Gasteiger partial charge in [-0.15, -0.1) is 0 Å². The number of benzene rings is 4. The number of piperazine rings is 1. The highest BCUT2D eigenvalue weighted by Gasteiger charge is 2.41. The van der Waals surface area contributed by atoms with Crippen molar-refractivity contribution in [1.82, 2.24) is 14.5 Å². The van der Waals surface area contributed by atoms with Crippen LogP contribution in [0.25, 0.3) is 10.8 Å². The standard InChI is InChI=1S/C32H34N4O6S/c1-3-42-26-16-14-25(15-17-26)34-32(38)35-18-19-36(43(39,40)30-13-7-10-24-9-4-5-12-28(24)30)29(22-35)31(37)33-21-23-8-6-11-27(20-23)41-2/h4-17,20,29H,3,18-19,21-22H2,1-2H3,(H,33,37)(H,34,38). The second kappa shape index (κ2) is 13.1. The molecule has 2 N–H and O–H groups in total. The molecule has 0 bridgehead atoms. The maximum Gasteiger partial charge on any atom is 0.321 e. The van der Waals surface area contributed by atoms with Gasteiger partial charge in [-0.3, -0.25) is 4.79 Å². The number of fused-ring (bicyclic) bond motifs is 1. The Hall–Kier alpha value is -4.61. The quantitative estimate of drug-likeness (QED) is 0.292. The van der Waals surface area contributed by atoms with E-state index in [1.54, 1.807) is 67.8 Å². The van der Waals surface area contributed by atoms with Crippen LogP contribution in [-0.4, -0.2) is 69.0 Å². The van der Waals surface area contributed by atoms with E-state index in [2.05, 4.69) is 10.6 Å². The summed E-state index contributed by atoms with van der Waals surface area (Å²) in [5.74, 6) is 0.812. The minimum atomic E-state index is -4.11. The number of nitrogens with one attached hydrogen (secondary N) is 2. The molecule has 1 fully saturated rings. The Morgan fingerprint density at radius 1 is 0.907 bits per heavy atom. The molecule has 4 aromatic carbocycles. The van der Waals surface area contributed by atoms with E-state index in [1.807, 2.05) is 37.3 Å². The molecular formula is C32H34N4O6S. The number of nitrogens with zero attached hydrogens (tertiary/aromatic N) is 2. The zero-order chi connectivity index (χ0) is 30.4. The van der Waals surface area contributed by atoms with Crippen molar-refractivity contribution in [3.8, 4) is 11.5 Å². The van der Waals surface area contributed by atoms with Crippen LogP contribution >= 0.6 is 0 Å². The van der Waals surface area contributed by atoms with Crippen molar-refractivity contribution < 1.29 is 27.5 Å². The maximum atomic E-state index is 14.1. The van der Waals surface area contributed by atoms with Crippen molar-refractivity contribution in [3.05, 3.63) is 96.6 Å². The fraction of sp³-hybridized carbons (Fsp3) is 0.250. The first kappa shape index (κ1) is 29.9. The molecular weight excluding hydrogens is 568 g/mol. The summed E-state index contributed by atoms with van der Waals surface area (Å²) in [6.45, 7) is 2.49. The van der Waals surface area contributed by atoms with Crippen molar-refractivity contribution >= 4 is 38.4 Å². The number of carbonyl (C=O) groups excluding carboxylic acids is 2. The van der Waals surface area contributed by atoms with E-state index in [0.29, 0.717) is 29.2 Å². The number of rotatable bonds is 9. The van der Waals surface area contributed by atoms with Crippen LogP contribution in [0, 0.1) is 0 Å². The lowest BCUT2D eigenvalue weighted by Crippen LogP contribution is -2.61. The number of hydrogen-bond acceptors (Lipinski definition) is 6. The van der Waals surface area contributed by atoms with E-state index >= 15 is 0 Å². The Balaban J connectivity index is 1.40. The molecule has 10 nitrogen and oxygen atoms in total. The van der Waals surface area contributed by atoms with Gasteiger partial charge < -0.3 is 25.0 Å². The van der Waals surface area contributed by atoms with Gasteiger partial charge in [-0.25, -0.2) is 13.2 Å². The molecule has 0 spiro atoms.